The third-order valence-electron chi connectivity index (χ3n) is 4.82. The van der Waals surface area contributed by atoms with E-state index in [4.69, 9.17) is 5.73 Å². The van der Waals surface area contributed by atoms with Gasteiger partial charge in [0.2, 0.25) is 5.91 Å². The Morgan fingerprint density at radius 1 is 1.39 bits per heavy atom. The molecule has 0 bridgehead atoms. The van der Waals surface area contributed by atoms with Crippen molar-refractivity contribution in [2.45, 2.75) is 32.2 Å². The molecule has 0 radical (unpaired) electrons. The van der Waals surface area contributed by atoms with E-state index in [9.17, 15) is 4.79 Å². The number of carbonyl (C=O) groups excluding carboxylic acids is 1. The molecule has 3 rings (SSSR count). The summed E-state index contributed by atoms with van der Waals surface area (Å²) in [4.78, 5) is 12.5. The average molecular weight is 312 g/mol. The molecular weight excluding hydrogens is 288 g/mol. The maximum Gasteiger partial charge on any atom is 0.223 e. The highest BCUT2D eigenvalue weighted by Gasteiger charge is 2.32. The van der Waals surface area contributed by atoms with Crippen molar-refractivity contribution in [1.82, 2.24) is 15.1 Å². The Labute approximate surface area is 136 Å². The number of hydrogen-bond acceptors (Lipinski definition) is 3. The van der Waals surface area contributed by atoms with Crippen molar-refractivity contribution in [3.63, 3.8) is 0 Å². The monoisotopic (exact) mass is 312 g/mol. The summed E-state index contributed by atoms with van der Waals surface area (Å²) < 4.78 is 1.82. The quantitative estimate of drug-likeness (QED) is 0.890. The first-order valence-corrected chi connectivity index (χ1v) is 8.29. The van der Waals surface area contributed by atoms with Crippen molar-refractivity contribution in [3.05, 3.63) is 48.3 Å². The Morgan fingerprint density at radius 2 is 2.17 bits per heavy atom. The maximum absolute atomic E-state index is 12.5. The van der Waals surface area contributed by atoms with Crippen LogP contribution in [0.2, 0.25) is 0 Å². The summed E-state index contributed by atoms with van der Waals surface area (Å²) >= 11 is 0. The van der Waals surface area contributed by atoms with Crippen LogP contribution in [-0.2, 0) is 4.79 Å². The number of rotatable bonds is 5. The molecule has 23 heavy (non-hydrogen) atoms. The molecule has 1 aliphatic carbocycles. The second-order valence-electron chi connectivity index (χ2n) is 6.31. The van der Waals surface area contributed by atoms with Crippen molar-refractivity contribution in [3.8, 4) is 5.69 Å². The number of benzene rings is 1. The van der Waals surface area contributed by atoms with Gasteiger partial charge in [0, 0.05) is 18.3 Å². The summed E-state index contributed by atoms with van der Waals surface area (Å²) in [6.07, 6.45) is 6.80. The zero-order valence-corrected chi connectivity index (χ0v) is 13.5. The van der Waals surface area contributed by atoms with Crippen LogP contribution in [0, 0.1) is 11.8 Å². The van der Waals surface area contributed by atoms with Gasteiger partial charge in [0.05, 0.1) is 11.7 Å². The van der Waals surface area contributed by atoms with Crippen LogP contribution in [-0.4, -0.2) is 22.2 Å². The van der Waals surface area contributed by atoms with Gasteiger partial charge in [-0.3, -0.25) is 4.79 Å². The number of nitrogens with one attached hydrogen (secondary N) is 1. The smallest absolute Gasteiger partial charge is 0.223 e. The van der Waals surface area contributed by atoms with Gasteiger partial charge < -0.3 is 11.1 Å². The van der Waals surface area contributed by atoms with Gasteiger partial charge in [-0.25, -0.2) is 4.68 Å². The molecule has 0 aliphatic heterocycles. The van der Waals surface area contributed by atoms with Crippen molar-refractivity contribution < 1.29 is 4.79 Å². The second kappa shape index (κ2) is 6.96. The first-order chi connectivity index (χ1) is 11.2. The minimum absolute atomic E-state index is 0.00630. The van der Waals surface area contributed by atoms with Crippen molar-refractivity contribution in [1.29, 1.82) is 0 Å². The summed E-state index contributed by atoms with van der Waals surface area (Å²) in [5, 5.41) is 7.35. The van der Waals surface area contributed by atoms with E-state index < -0.39 is 0 Å². The Balaban J connectivity index is 1.64. The van der Waals surface area contributed by atoms with Gasteiger partial charge in [0.25, 0.3) is 0 Å². The van der Waals surface area contributed by atoms with Gasteiger partial charge in [-0.1, -0.05) is 18.6 Å². The number of carbonyl (C=O) groups is 1. The van der Waals surface area contributed by atoms with E-state index in [1.54, 1.807) is 6.20 Å². The molecule has 1 amide bonds. The Bertz CT molecular complexity index is 636. The van der Waals surface area contributed by atoms with Crippen LogP contribution in [0.25, 0.3) is 5.69 Å². The van der Waals surface area contributed by atoms with Crippen LogP contribution in [0.1, 0.15) is 37.8 Å². The minimum atomic E-state index is -0.00630. The van der Waals surface area contributed by atoms with Crippen LogP contribution in [0.5, 0.6) is 0 Å². The number of nitrogens with two attached hydrogens (primary N) is 1. The SMILES string of the molecule is CC(NC(=O)[C@@H]1CCC[C@@H]1CN)c1ccc(-n2cccn2)cc1. The zero-order chi connectivity index (χ0) is 16.2. The molecule has 1 fully saturated rings. The molecule has 0 spiro atoms. The average Bonchev–Trinajstić information content (AvgIpc) is 3.26. The summed E-state index contributed by atoms with van der Waals surface area (Å²) in [6, 6.07) is 10.0. The molecule has 1 saturated carbocycles. The zero-order valence-electron chi connectivity index (χ0n) is 13.5. The van der Waals surface area contributed by atoms with Crippen molar-refractivity contribution in [2.24, 2.45) is 17.6 Å². The van der Waals surface area contributed by atoms with Gasteiger partial charge in [-0.2, -0.15) is 5.10 Å². The molecule has 3 atom stereocenters. The third kappa shape index (κ3) is 3.45. The van der Waals surface area contributed by atoms with Crippen LogP contribution >= 0.6 is 0 Å². The molecule has 3 N–H and O–H groups in total. The van der Waals surface area contributed by atoms with Gasteiger partial charge in [-0.05, 0) is 56.0 Å². The second-order valence-corrected chi connectivity index (χ2v) is 6.31. The fraction of sp³-hybridized carbons (Fsp3) is 0.444. The first kappa shape index (κ1) is 15.7. The van der Waals surface area contributed by atoms with Gasteiger partial charge in [-0.15, -0.1) is 0 Å². The van der Waals surface area contributed by atoms with Gasteiger partial charge in [0.15, 0.2) is 0 Å². The van der Waals surface area contributed by atoms with Gasteiger partial charge >= 0.3 is 0 Å². The lowest BCUT2D eigenvalue weighted by Crippen LogP contribution is -2.36. The van der Waals surface area contributed by atoms with E-state index in [2.05, 4.69) is 10.4 Å². The fourth-order valence-electron chi connectivity index (χ4n) is 3.41. The maximum atomic E-state index is 12.5. The van der Waals surface area contributed by atoms with Crippen molar-refractivity contribution in [2.75, 3.05) is 6.54 Å². The highest BCUT2D eigenvalue weighted by molar-refractivity contribution is 5.79. The van der Waals surface area contributed by atoms with Crippen molar-refractivity contribution >= 4 is 5.91 Å². The summed E-state index contributed by atoms with van der Waals surface area (Å²) in [6.45, 7) is 2.62. The highest BCUT2D eigenvalue weighted by Crippen LogP contribution is 2.31. The molecule has 2 aromatic rings. The van der Waals surface area contributed by atoms with E-state index in [1.807, 2.05) is 48.1 Å². The van der Waals surface area contributed by atoms with Crippen LogP contribution in [0.15, 0.2) is 42.7 Å². The Kier molecular flexibility index (Phi) is 4.76. The molecule has 1 unspecified atom stereocenters. The Morgan fingerprint density at radius 3 is 2.83 bits per heavy atom. The molecular formula is C18H24N4O. The fourth-order valence-corrected chi connectivity index (χ4v) is 3.41. The van der Waals surface area contributed by atoms with Crippen LogP contribution in [0.4, 0.5) is 0 Å². The highest BCUT2D eigenvalue weighted by atomic mass is 16.2. The van der Waals surface area contributed by atoms with E-state index in [-0.39, 0.29) is 17.9 Å². The number of amides is 1. The summed E-state index contributed by atoms with van der Waals surface area (Å²) in [5.41, 5.74) is 7.88. The number of hydrogen-bond donors (Lipinski definition) is 2. The Hall–Kier alpha value is -2.14. The van der Waals surface area contributed by atoms with Gasteiger partial charge in [0.1, 0.15) is 0 Å². The standard InChI is InChI=1S/C18H24N4O/c1-13(21-18(23)17-5-2-4-15(17)12-19)14-6-8-16(9-7-14)22-11-3-10-20-22/h3,6-11,13,15,17H,2,4-5,12,19H2,1H3,(H,21,23)/t13?,15-,17-/m1/s1. The number of nitrogens with zero attached hydrogens (tertiary/aromatic N) is 2. The summed E-state index contributed by atoms with van der Waals surface area (Å²) in [7, 11) is 0. The predicted molar refractivity (Wildman–Crippen MR) is 90.0 cm³/mol. The predicted octanol–water partition coefficient (Wildman–Crippen LogP) is 2.42. The topological polar surface area (TPSA) is 72.9 Å². The third-order valence-corrected chi connectivity index (χ3v) is 4.82. The minimum Gasteiger partial charge on any atom is -0.349 e. The molecule has 1 aromatic heterocycles. The van der Waals surface area contributed by atoms with Crippen LogP contribution in [0.3, 0.4) is 0 Å². The van der Waals surface area contributed by atoms with E-state index in [0.717, 1.165) is 30.5 Å². The molecule has 1 aromatic carbocycles. The lowest BCUT2D eigenvalue weighted by atomic mass is 9.94. The lowest BCUT2D eigenvalue weighted by Gasteiger charge is -2.21. The van der Waals surface area contributed by atoms with E-state index in [1.165, 1.54) is 0 Å². The number of aromatic nitrogens is 2. The molecule has 5 heteroatoms. The van der Waals surface area contributed by atoms with E-state index in [0.29, 0.717) is 12.5 Å². The first-order valence-electron chi connectivity index (χ1n) is 8.29. The molecule has 0 saturated heterocycles. The molecule has 122 valence electrons. The largest absolute Gasteiger partial charge is 0.349 e. The molecule has 5 nitrogen and oxygen atoms in total. The van der Waals surface area contributed by atoms with E-state index >= 15 is 0 Å². The summed E-state index contributed by atoms with van der Waals surface area (Å²) in [5.74, 6) is 0.553. The molecule has 1 aliphatic rings. The lowest BCUT2D eigenvalue weighted by molar-refractivity contribution is -0.126. The molecule has 1 heterocycles. The normalized spacial score (nSPS) is 22.0. The van der Waals surface area contributed by atoms with Crippen LogP contribution < -0.4 is 11.1 Å².